The summed E-state index contributed by atoms with van der Waals surface area (Å²) in [5, 5.41) is 6.86. The van der Waals surface area contributed by atoms with Crippen molar-refractivity contribution in [3.8, 4) is 34.3 Å². The SMILES string of the molecule is COc1ccc(-c2noc(-c3ccc(OCC(=O)NCc4ccccc4)cc3)n2)cc1. The number of methoxy groups -OCH3 is 1. The van der Waals surface area contributed by atoms with Crippen LogP contribution in [0.3, 0.4) is 0 Å². The number of aromatic nitrogens is 2. The molecule has 0 aliphatic rings. The van der Waals surface area contributed by atoms with Crippen molar-refractivity contribution in [1.82, 2.24) is 15.5 Å². The third-order valence-corrected chi connectivity index (χ3v) is 4.58. The van der Waals surface area contributed by atoms with Gasteiger partial charge in [-0.15, -0.1) is 0 Å². The fraction of sp³-hybridized carbons (Fsp3) is 0.125. The predicted molar refractivity (Wildman–Crippen MR) is 116 cm³/mol. The van der Waals surface area contributed by atoms with E-state index in [1.54, 1.807) is 19.2 Å². The van der Waals surface area contributed by atoms with Crippen LogP contribution in [0.1, 0.15) is 5.56 Å². The topological polar surface area (TPSA) is 86.5 Å². The summed E-state index contributed by atoms with van der Waals surface area (Å²) in [6.07, 6.45) is 0. The van der Waals surface area contributed by atoms with Crippen LogP contribution in [0.4, 0.5) is 0 Å². The lowest BCUT2D eigenvalue weighted by molar-refractivity contribution is -0.123. The van der Waals surface area contributed by atoms with Gasteiger partial charge in [0.15, 0.2) is 6.61 Å². The minimum Gasteiger partial charge on any atom is -0.497 e. The fourth-order valence-electron chi connectivity index (χ4n) is 2.89. The summed E-state index contributed by atoms with van der Waals surface area (Å²) < 4.78 is 16.1. The Labute approximate surface area is 179 Å². The fourth-order valence-corrected chi connectivity index (χ4v) is 2.89. The van der Waals surface area contributed by atoms with Crippen LogP contribution in [0.15, 0.2) is 83.4 Å². The molecule has 0 radical (unpaired) electrons. The molecular weight excluding hydrogens is 394 g/mol. The molecule has 0 saturated heterocycles. The van der Waals surface area contributed by atoms with E-state index >= 15 is 0 Å². The van der Waals surface area contributed by atoms with Gasteiger partial charge in [-0.25, -0.2) is 0 Å². The molecule has 0 atom stereocenters. The number of rotatable bonds is 8. The summed E-state index contributed by atoms with van der Waals surface area (Å²) in [5.74, 6) is 2.05. The summed E-state index contributed by atoms with van der Waals surface area (Å²) in [7, 11) is 1.62. The molecule has 156 valence electrons. The second kappa shape index (κ2) is 9.58. The van der Waals surface area contributed by atoms with Crippen molar-refractivity contribution in [3.63, 3.8) is 0 Å². The molecule has 0 bridgehead atoms. The molecule has 4 rings (SSSR count). The van der Waals surface area contributed by atoms with Crippen LogP contribution in [0, 0.1) is 0 Å². The Morgan fingerprint density at radius 1 is 0.903 bits per heavy atom. The standard InChI is InChI=1S/C24H21N3O4/c1-29-20-11-7-18(8-12-20)23-26-24(31-27-23)19-9-13-21(14-10-19)30-16-22(28)25-15-17-5-3-2-4-6-17/h2-14H,15-16H2,1H3,(H,25,28). The Balaban J connectivity index is 1.32. The number of ether oxygens (including phenoxy) is 2. The average molecular weight is 415 g/mol. The number of amides is 1. The Hall–Kier alpha value is -4.13. The molecule has 1 N–H and O–H groups in total. The van der Waals surface area contributed by atoms with E-state index in [9.17, 15) is 4.79 Å². The van der Waals surface area contributed by atoms with Gasteiger partial charge in [-0.3, -0.25) is 4.79 Å². The normalized spacial score (nSPS) is 10.5. The summed E-state index contributed by atoms with van der Waals surface area (Å²) in [4.78, 5) is 16.4. The van der Waals surface area contributed by atoms with Crippen molar-refractivity contribution in [2.75, 3.05) is 13.7 Å². The molecule has 0 spiro atoms. The molecule has 1 heterocycles. The van der Waals surface area contributed by atoms with Gasteiger partial charge in [0.2, 0.25) is 5.82 Å². The van der Waals surface area contributed by atoms with Gasteiger partial charge in [-0.2, -0.15) is 4.98 Å². The number of carbonyl (C=O) groups is 1. The zero-order valence-electron chi connectivity index (χ0n) is 16.9. The van der Waals surface area contributed by atoms with Crippen molar-refractivity contribution in [3.05, 3.63) is 84.4 Å². The van der Waals surface area contributed by atoms with Crippen molar-refractivity contribution in [2.45, 2.75) is 6.54 Å². The first-order valence-corrected chi connectivity index (χ1v) is 9.73. The van der Waals surface area contributed by atoms with Gasteiger partial charge in [0.1, 0.15) is 11.5 Å². The largest absolute Gasteiger partial charge is 0.497 e. The monoisotopic (exact) mass is 415 g/mol. The van der Waals surface area contributed by atoms with Crippen molar-refractivity contribution in [2.24, 2.45) is 0 Å². The molecule has 3 aromatic carbocycles. The smallest absolute Gasteiger partial charge is 0.258 e. The number of hydrogen-bond acceptors (Lipinski definition) is 6. The molecule has 0 saturated carbocycles. The van der Waals surface area contributed by atoms with Gasteiger partial charge in [-0.1, -0.05) is 35.5 Å². The molecule has 7 heteroatoms. The quantitative estimate of drug-likeness (QED) is 0.466. The molecule has 4 aromatic rings. The predicted octanol–water partition coefficient (Wildman–Crippen LogP) is 4.11. The van der Waals surface area contributed by atoms with Gasteiger partial charge in [0.25, 0.3) is 11.8 Å². The molecule has 0 fully saturated rings. The van der Waals surface area contributed by atoms with Gasteiger partial charge >= 0.3 is 0 Å². The highest BCUT2D eigenvalue weighted by atomic mass is 16.5. The lowest BCUT2D eigenvalue weighted by Crippen LogP contribution is -2.28. The first-order valence-electron chi connectivity index (χ1n) is 9.73. The molecule has 7 nitrogen and oxygen atoms in total. The van der Waals surface area contributed by atoms with E-state index in [2.05, 4.69) is 15.5 Å². The third kappa shape index (κ3) is 5.27. The van der Waals surface area contributed by atoms with Gasteiger partial charge in [0.05, 0.1) is 7.11 Å². The lowest BCUT2D eigenvalue weighted by atomic mass is 10.2. The highest BCUT2D eigenvalue weighted by Gasteiger charge is 2.11. The van der Waals surface area contributed by atoms with Crippen LogP contribution in [0.5, 0.6) is 11.5 Å². The van der Waals surface area contributed by atoms with Gasteiger partial charge < -0.3 is 19.3 Å². The first kappa shape index (κ1) is 20.2. The second-order valence-corrected chi connectivity index (χ2v) is 6.73. The molecule has 0 unspecified atom stereocenters. The Kier molecular flexibility index (Phi) is 6.23. The average Bonchev–Trinajstić information content (AvgIpc) is 3.33. The maximum Gasteiger partial charge on any atom is 0.258 e. The molecular formula is C24H21N3O4. The van der Waals surface area contributed by atoms with E-state index in [0.29, 0.717) is 24.0 Å². The minimum absolute atomic E-state index is 0.0612. The van der Waals surface area contributed by atoms with E-state index in [-0.39, 0.29) is 12.5 Å². The second-order valence-electron chi connectivity index (χ2n) is 6.73. The molecule has 31 heavy (non-hydrogen) atoms. The Morgan fingerprint density at radius 2 is 1.58 bits per heavy atom. The van der Waals surface area contributed by atoms with Crippen LogP contribution in [-0.2, 0) is 11.3 Å². The zero-order valence-corrected chi connectivity index (χ0v) is 16.9. The highest BCUT2D eigenvalue weighted by Crippen LogP contribution is 2.25. The number of nitrogens with one attached hydrogen (secondary N) is 1. The van der Waals surface area contributed by atoms with Gasteiger partial charge in [-0.05, 0) is 54.1 Å². The summed E-state index contributed by atoms with van der Waals surface area (Å²) >= 11 is 0. The Bertz CT molecular complexity index is 1120. The van der Waals surface area contributed by atoms with Crippen LogP contribution in [-0.4, -0.2) is 29.8 Å². The summed E-state index contributed by atoms with van der Waals surface area (Å²) in [6, 6.07) is 24.3. The van der Waals surface area contributed by atoms with Crippen molar-refractivity contribution < 1.29 is 18.8 Å². The van der Waals surface area contributed by atoms with E-state index < -0.39 is 0 Å². The van der Waals surface area contributed by atoms with Crippen LogP contribution < -0.4 is 14.8 Å². The molecule has 0 aliphatic heterocycles. The van der Waals surface area contributed by atoms with E-state index in [4.69, 9.17) is 14.0 Å². The zero-order chi connectivity index (χ0) is 21.5. The number of benzene rings is 3. The Morgan fingerprint density at radius 3 is 2.29 bits per heavy atom. The maximum absolute atomic E-state index is 12.0. The number of hydrogen-bond donors (Lipinski definition) is 1. The van der Waals surface area contributed by atoms with E-state index in [0.717, 1.165) is 22.4 Å². The number of nitrogens with zero attached hydrogens (tertiary/aromatic N) is 2. The van der Waals surface area contributed by atoms with Gasteiger partial charge in [0, 0.05) is 17.7 Å². The first-order chi connectivity index (χ1) is 15.2. The lowest BCUT2D eigenvalue weighted by Gasteiger charge is -2.08. The minimum atomic E-state index is -0.186. The van der Waals surface area contributed by atoms with Crippen molar-refractivity contribution in [1.29, 1.82) is 0 Å². The highest BCUT2D eigenvalue weighted by molar-refractivity contribution is 5.77. The third-order valence-electron chi connectivity index (χ3n) is 4.58. The van der Waals surface area contributed by atoms with E-state index in [1.165, 1.54) is 0 Å². The number of carbonyl (C=O) groups excluding carboxylic acids is 1. The van der Waals surface area contributed by atoms with Crippen LogP contribution in [0.25, 0.3) is 22.8 Å². The summed E-state index contributed by atoms with van der Waals surface area (Å²) in [6.45, 7) is 0.407. The van der Waals surface area contributed by atoms with Crippen LogP contribution in [0.2, 0.25) is 0 Å². The van der Waals surface area contributed by atoms with Crippen molar-refractivity contribution >= 4 is 5.91 Å². The maximum atomic E-state index is 12.0. The van der Waals surface area contributed by atoms with Crippen LogP contribution >= 0.6 is 0 Å². The molecule has 1 aromatic heterocycles. The molecule has 0 aliphatic carbocycles. The van der Waals surface area contributed by atoms with E-state index in [1.807, 2.05) is 66.7 Å². The summed E-state index contributed by atoms with van der Waals surface area (Å²) in [5.41, 5.74) is 2.62. The molecule has 1 amide bonds.